The summed E-state index contributed by atoms with van der Waals surface area (Å²) in [6.07, 6.45) is 3.28. The molecule has 1 aliphatic rings. The molecule has 22 heavy (non-hydrogen) atoms. The van der Waals surface area contributed by atoms with Crippen LogP contribution in [0.25, 0.3) is 0 Å². The van der Waals surface area contributed by atoms with Crippen LogP contribution in [0.3, 0.4) is 0 Å². The number of hydrogen-bond donors (Lipinski definition) is 1. The van der Waals surface area contributed by atoms with Gasteiger partial charge in [0, 0.05) is 31.8 Å². The molecule has 1 fully saturated rings. The maximum Gasteiger partial charge on any atom is 0.253 e. The number of ether oxygens (including phenoxy) is 1. The molecule has 4 nitrogen and oxygen atoms in total. The highest BCUT2D eigenvalue weighted by Crippen LogP contribution is 2.17. The first-order chi connectivity index (χ1) is 10.6. The van der Waals surface area contributed by atoms with Crippen LogP contribution in [0.2, 0.25) is 0 Å². The van der Waals surface area contributed by atoms with E-state index in [-0.39, 0.29) is 5.91 Å². The molecular weight excluding hydrogens is 276 g/mol. The van der Waals surface area contributed by atoms with E-state index in [0.29, 0.717) is 18.6 Å². The summed E-state index contributed by atoms with van der Waals surface area (Å²) < 4.78 is 5.91. The van der Waals surface area contributed by atoms with Gasteiger partial charge in [-0.2, -0.15) is 0 Å². The van der Waals surface area contributed by atoms with Crippen molar-refractivity contribution in [3.63, 3.8) is 0 Å². The first kappa shape index (κ1) is 17.0. The summed E-state index contributed by atoms with van der Waals surface area (Å²) in [5.41, 5.74) is 7.38. The molecule has 0 spiro atoms. The molecule has 0 bridgehead atoms. The zero-order valence-electron chi connectivity index (χ0n) is 13.8. The highest BCUT2D eigenvalue weighted by Gasteiger charge is 2.23. The van der Waals surface area contributed by atoms with Gasteiger partial charge in [-0.15, -0.1) is 0 Å². The number of rotatable bonds is 6. The molecule has 1 aliphatic heterocycles. The van der Waals surface area contributed by atoms with Gasteiger partial charge >= 0.3 is 0 Å². The van der Waals surface area contributed by atoms with Crippen LogP contribution in [0.15, 0.2) is 24.3 Å². The van der Waals surface area contributed by atoms with Crippen molar-refractivity contribution in [3.8, 4) is 0 Å². The minimum atomic E-state index is 0.115. The molecule has 0 unspecified atom stereocenters. The molecule has 0 atom stereocenters. The normalized spacial score (nSPS) is 16.3. The Balaban J connectivity index is 1.79. The van der Waals surface area contributed by atoms with E-state index >= 15 is 0 Å². The van der Waals surface area contributed by atoms with Crippen LogP contribution in [0.5, 0.6) is 0 Å². The minimum Gasteiger partial charge on any atom is -0.378 e. The molecular formula is C18H28N2O2. The van der Waals surface area contributed by atoms with Crippen molar-refractivity contribution in [2.24, 2.45) is 11.7 Å². The zero-order chi connectivity index (χ0) is 15.9. The lowest BCUT2D eigenvalue weighted by atomic mass is 10.1. The van der Waals surface area contributed by atoms with Crippen molar-refractivity contribution >= 4 is 5.91 Å². The molecule has 1 amide bonds. The Labute approximate surface area is 133 Å². The highest BCUT2D eigenvalue weighted by molar-refractivity contribution is 5.94. The number of carbonyl (C=O) groups excluding carboxylic acids is 1. The predicted octanol–water partition coefficient (Wildman–Crippen LogP) is 2.81. The summed E-state index contributed by atoms with van der Waals surface area (Å²) in [6, 6.07) is 7.59. The van der Waals surface area contributed by atoms with Crippen LogP contribution in [0.4, 0.5) is 0 Å². The van der Waals surface area contributed by atoms with Crippen LogP contribution in [0.1, 0.15) is 49.0 Å². The van der Waals surface area contributed by atoms with Gasteiger partial charge in [-0.1, -0.05) is 26.0 Å². The molecule has 1 heterocycles. The van der Waals surface area contributed by atoms with Gasteiger partial charge in [-0.05, 0) is 42.9 Å². The molecule has 0 aliphatic carbocycles. The molecule has 0 saturated carbocycles. The fourth-order valence-corrected chi connectivity index (χ4v) is 2.66. The Kier molecular flexibility index (Phi) is 6.40. The molecule has 0 radical (unpaired) electrons. The van der Waals surface area contributed by atoms with Crippen molar-refractivity contribution in [2.45, 2.75) is 45.8 Å². The Bertz CT molecular complexity index is 462. The lowest BCUT2D eigenvalue weighted by molar-refractivity contribution is 0.00484. The van der Waals surface area contributed by atoms with Crippen molar-refractivity contribution < 1.29 is 9.53 Å². The van der Waals surface area contributed by atoms with Crippen LogP contribution >= 0.6 is 0 Å². The smallest absolute Gasteiger partial charge is 0.253 e. The van der Waals surface area contributed by atoms with E-state index in [2.05, 4.69) is 13.8 Å². The monoisotopic (exact) mass is 304 g/mol. The number of hydrogen-bond acceptors (Lipinski definition) is 3. The molecule has 122 valence electrons. The van der Waals surface area contributed by atoms with E-state index in [1.807, 2.05) is 29.2 Å². The van der Waals surface area contributed by atoms with E-state index in [9.17, 15) is 4.79 Å². The van der Waals surface area contributed by atoms with E-state index in [1.165, 1.54) is 0 Å². The summed E-state index contributed by atoms with van der Waals surface area (Å²) in [6.45, 7) is 7.32. The molecule has 1 aromatic carbocycles. The van der Waals surface area contributed by atoms with Gasteiger partial charge in [0.15, 0.2) is 0 Å². The second-order valence-electron chi connectivity index (χ2n) is 6.45. The number of likely N-dealkylation sites (tertiary alicyclic amines) is 1. The third kappa shape index (κ3) is 4.82. The Morgan fingerprint density at radius 1 is 1.27 bits per heavy atom. The number of benzene rings is 1. The van der Waals surface area contributed by atoms with Gasteiger partial charge in [-0.25, -0.2) is 0 Å². The van der Waals surface area contributed by atoms with E-state index < -0.39 is 0 Å². The fraction of sp³-hybridized carbons (Fsp3) is 0.611. The third-order valence-electron chi connectivity index (χ3n) is 4.21. The van der Waals surface area contributed by atoms with Gasteiger partial charge in [0.25, 0.3) is 5.91 Å². The Hall–Kier alpha value is -1.39. The topological polar surface area (TPSA) is 55.6 Å². The summed E-state index contributed by atoms with van der Waals surface area (Å²) in [7, 11) is 0. The molecule has 0 aromatic heterocycles. The highest BCUT2D eigenvalue weighted by atomic mass is 16.5. The molecule has 1 aromatic rings. The number of amides is 1. The van der Waals surface area contributed by atoms with Crippen molar-refractivity contribution in [2.75, 3.05) is 19.7 Å². The van der Waals surface area contributed by atoms with Crippen LogP contribution < -0.4 is 5.73 Å². The largest absolute Gasteiger partial charge is 0.378 e. The first-order valence-electron chi connectivity index (χ1n) is 8.30. The lowest BCUT2D eigenvalue weighted by Crippen LogP contribution is -2.41. The molecule has 2 rings (SSSR count). The fourth-order valence-electron chi connectivity index (χ4n) is 2.66. The second-order valence-corrected chi connectivity index (χ2v) is 6.45. The number of piperidine rings is 1. The Morgan fingerprint density at radius 2 is 1.91 bits per heavy atom. The third-order valence-corrected chi connectivity index (χ3v) is 4.21. The van der Waals surface area contributed by atoms with E-state index in [4.69, 9.17) is 10.5 Å². The van der Waals surface area contributed by atoms with Crippen LogP contribution in [0, 0.1) is 5.92 Å². The molecule has 1 saturated heterocycles. The maximum absolute atomic E-state index is 12.5. The standard InChI is InChI=1S/C18H28N2O2/c1-14(2)9-12-22-17-7-10-20(11-8-17)18(21)16-5-3-15(13-19)4-6-16/h3-6,14,17H,7-13,19H2,1-2H3. The van der Waals surface area contributed by atoms with Crippen LogP contribution in [-0.4, -0.2) is 36.6 Å². The first-order valence-corrected chi connectivity index (χ1v) is 8.30. The number of nitrogens with zero attached hydrogens (tertiary/aromatic N) is 1. The number of carbonyl (C=O) groups is 1. The SMILES string of the molecule is CC(C)CCOC1CCN(C(=O)c2ccc(CN)cc2)CC1. The van der Waals surface area contributed by atoms with Crippen molar-refractivity contribution in [1.29, 1.82) is 0 Å². The number of nitrogens with two attached hydrogens (primary N) is 1. The lowest BCUT2D eigenvalue weighted by Gasteiger charge is -2.32. The van der Waals surface area contributed by atoms with E-state index in [0.717, 1.165) is 50.1 Å². The molecule has 2 N–H and O–H groups in total. The quantitative estimate of drug-likeness (QED) is 0.879. The van der Waals surface area contributed by atoms with E-state index in [1.54, 1.807) is 0 Å². The van der Waals surface area contributed by atoms with Gasteiger partial charge < -0.3 is 15.4 Å². The minimum absolute atomic E-state index is 0.115. The summed E-state index contributed by atoms with van der Waals surface area (Å²) in [5, 5.41) is 0. The van der Waals surface area contributed by atoms with Crippen molar-refractivity contribution in [1.82, 2.24) is 4.90 Å². The summed E-state index contributed by atoms with van der Waals surface area (Å²) in [5.74, 6) is 0.794. The average molecular weight is 304 g/mol. The van der Waals surface area contributed by atoms with Crippen LogP contribution in [-0.2, 0) is 11.3 Å². The second kappa shape index (κ2) is 8.30. The van der Waals surface area contributed by atoms with Gasteiger partial charge in [0.1, 0.15) is 0 Å². The van der Waals surface area contributed by atoms with Gasteiger partial charge in [-0.3, -0.25) is 4.79 Å². The average Bonchev–Trinajstić information content (AvgIpc) is 2.54. The summed E-state index contributed by atoms with van der Waals surface area (Å²) in [4.78, 5) is 14.4. The van der Waals surface area contributed by atoms with Gasteiger partial charge in [0.05, 0.1) is 6.10 Å². The maximum atomic E-state index is 12.5. The zero-order valence-corrected chi connectivity index (χ0v) is 13.8. The molecule has 4 heteroatoms. The van der Waals surface area contributed by atoms with Crippen molar-refractivity contribution in [3.05, 3.63) is 35.4 Å². The Morgan fingerprint density at radius 3 is 2.45 bits per heavy atom. The summed E-state index contributed by atoms with van der Waals surface area (Å²) >= 11 is 0. The predicted molar refractivity (Wildman–Crippen MR) is 88.7 cm³/mol. The van der Waals surface area contributed by atoms with Gasteiger partial charge in [0.2, 0.25) is 0 Å².